The Hall–Kier alpha value is -3.41. The Morgan fingerprint density at radius 1 is 1.07 bits per heavy atom. The highest BCUT2D eigenvalue weighted by Gasteiger charge is 2.08. The normalized spacial score (nSPS) is 11.0. The average molecular weight is 362 g/mol. The first kappa shape index (κ1) is 18.4. The summed E-state index contributed by atoms with van der Waals surface area (Å²) in [6, 6.07) is 13.7. The third-order valence-electron chi connectivity index (χ3n) is 4.25. The number of benzene rings is 2. The van der Waals surface area contributed by atoms with Crippen molar-refractivity contribution in [1.29, 1.82) is 0 Å². The van der Waals surface area contributed by atoms with Gasteiger partial charge in [0.1, 0.15) is 0 Å². The smallest absolute Gasteiger partial charge is 0.240 e. The maximum absolute atomic E-state index is 12.0. The van der Waals surface area contributed by atoms with Crippen molar-refractivity contribution in [1.82, 2.24) is 10.4 Å². The van der Waals surface area contributed by atoms with Crippen molar-refractivity contribution in [2.45, 2.75) is 26.7 Å². The number of anilines is 1. The molecule has 0 aliphatic carbocycles. The molecule has 6 heteroatoms. The number of hydrogen-bond acceptors (Lipinski definition) is 3. The van der Waals surface area contributed by atoms with Crippen LogP contribution in [0.4, 0.5) is 5.69 Å². The van der Waals surface area contributed by atoms with E-state index in [1.165, 1.54) is 0 Å². The Morgan fingerprint density at radius 3 is 2.67 bits per heavy atom. The summed E-state index contributed by atoms with van der Waals surface area (Å²) in [5.74, 6) is -0.500. The fourth-order valence-electron chi connectivity index (χ4n) is 2.82. The molecule has 6 nitrogen and oxygen atoms in total. The molecule has 3 rings (SSSR count). The van der Waals surface area contributed by atoms with Gasteiger partial charge in [0.05, 0.1) is 6.21 Å². The molecule has 0 unspecified atom stereocenters. The molecule has 2 aromatic carbocycles. The van der Waals surface area contributed by atoms with Gasteiger partial charge in [-0.15, -0.1) is 0 Å². The van der Waals surface area contributed by atoms with E-state index >= 15 is 0 Å². The van der Waals surface area contributed by atoms with Crippen LogP contribution in [0.1, 0.15) is 29.5 Å². The third kappa shape index (κ3) is 4.82. The second-order valence-corrected chi connectivity index (χ2v) is 6.45. The van der Waals surface area contributed by atoms with Gasteiger partial charge in [0.2, 0.25) is 11.8 Å². The number of hydrogen-bond donors (Lipinski definition) is 3. The maximum atomic E-state index is 12.0. The molecule has 0 fully saturated rings. The first-order valence-corrected chi connectivity index (χ1v) is 8.78. The van der Waals surface area contributed by atoms with Gasteiger partial charge in [-0.2, -0.15) is 5.10 Å². The first-order valence-electron chi connectivity index (χ1n) is 8.78. The van der Waals surface area contributed by atoms with Crippen LogP contribution in [-0.2, 0) is 9.59 Å². The summed E-state index contributed by atoms with van der Waals surface area (Å²) >= 11 is 0. The molecule has 27 heavy (non-hydrogen) atoms. The van der Waals surface area contributed by atoms with Crippen LogP contribution < -0.4 is 10.7 Å². The number of H-pyrrole nitrogens is 1. The van der Waals surface area contributed by atoms with Gasteiger partial charge in [-0.1, -0.05) is 35.9 Å². The summed E-state index contributed by atoms with van der Waals surface area (Å²) in [5, 5.41) is 7.83. The number of aryl methyl sites for hydroxylation is 2. The second kappa shape index (κ2) is 8.31. The molecule has 1 aromatic heterocycles. The van der Waals surface area contributed by atoms with Gasteiger partial charge in [-0.25, -0.2) is 5.43 Å². The number of aromatic amines is 1. The van der Waals surface area contributed by atoms with E-state index in [-0.39, 0.29) is 24.7 Å². The molecule has 0 saturated carbocycles. The van der Waals surface area contributed by atoms with Crippen molar-refractivity contribution >= 4 is 34.6 Å². The van der Waals surface area contributed by atoms with Gasteiger partial charge in [-0.05, 0) is 31.5 Å². The van der Waals surface area contributed by atoms with Crippen LogP contribution in [0.3, 0.4) is 0 Å². The molecule has 1 heterocycles. The van der Waals surface area contributed by atoms with Crippen LogP contribution in [0.25, 0.3) is 10.9 Å². The lowest BCUT2D eigenvalue weighted by Crippen LogP contribution is -2.20. The number of aromatic nitrogens is 1. The SMILES string of the molecule is Cc1ccc(NC(=O)CCC(=O)N/N=C\c2c[nH]c3ccccc23)c(C)c1. The number of carbonyl (C=O) groups is 2. The number of hydrazone groups is 1. The van der Waals surface area contributed by atoms with Gasteiger partial charge in [0, 0.05) is 41.2 Å². The Bertz CT molecular complexity index is 1000. The molecule has 3 aromatic rings. The molecule has 2 amide bonds. The molecular weight excluding hydrogens is 340 g/mol. The van der Waals surface area contributed by atoms with Gasteiger partial charge in [-0.3, -0.25) is 9.59 Å². The van der Waals surface area contributed by atoms with Crippen molar-refractivity contribution < 1.29 is 9.59 Å². The standard InChI is InChI=1S/C21H22N4O2/c1-14-7-8-18(15(2)11-14)24-20(26)9-10-21(27)25-23-13-16-12-22-19-6-4-3-5-17(16)19/h3-8,11-13,22H,9-10H2,1-2H3,(H,24,26)(H,25,27)/b23-13-. The molecule has 0 bridgehead atoms. The quantitative estimate of drug-likeness (QED) is 0.462. The Labute approximate surface area is 157 Å². The van der Waals surface area contributed by atoms with Gasteiger partial charge >= 0.3 is 0 Å². The van der Waals surface area contributed by atoms with E-state index in [0.29, 0.717) is 0 Å². The summed E-state index contributed by atoms with van der Waals surface area (Å²) in [6.45, 7) is 3.94. The lowest BCUT2D eigenvalue weighted by Gasteiger charge is -2.08. The van der Waals surface area contributed by atoms with Gasteiger partial charge < -0.3 is 10.3 Å². The summed E-state index contributed by atoms with van der Waals surface area (Å²) < 4.78 is 0. The molecular formula is C21H22N4O2. The van der Waals surface area contributed by atoms with Crippen molar-refractivity contribution in [3.63, 3.8) is 0 Å². The minimum absolute atomic E-state index is 0.0714. The number of nitrogens with one attached hydrogen (secondary N) is 3. The highest BCUT2D eigenvalue weighted by molar-refractivity contribution is 5.99. The third-order valence-corrected chi connectivity index (χ3v) is 4.25. The first-order chi connectivity index (χ1) is 13.0. The van der Waals surface area contributed by atoms with Gasteiger partial charge in [0.25, 0.3) is 0 Å². The maximum Gasteiger partial charge on any atom is 0.240 e. The summed E-state index contributed by atoms with van der Waals surface area (Å²) in [7, 11) is 0. The zero-order chi connectivity index (χ0) is 19.2. The highest BCUT2D eigenvalue weighted by Crippen LogP contribution is 2.17. The number of rotatable bonds is 6. The highest BCUT2D eigenvalue weighted by atomic mass is 16.2. The molecule has 0 spiro atoms. The topological polar surface area (TPSA) is 86.3 Å². The summed E-state index contributed by atoms with van der Waals surface area (Å²) in [5.41, 5.74) is 7.26. The molecule has 0 atom stereocenters. The van der Waals surface area contributed by atoms with Crippen molar-refractivity contribution in [3.8, 4) is 0 Å². The second-order valence-electron chi connectivity index (χ2n) is 6.45. The van der Waals surface area contributed by atoms with Crippen LogP contribution >= 0.6 is 0 Å². The monoisotopic (exact) mass is 362 g/mol. The molecule has 0 radical (unpaired) electrons. The minimum atomic E-state index is -0.304. The van der Waals surface area contributed by atoms with Crippen LogP contribution in [0.2, 0.25) is 0 Å². The number of fused-ring (bicyclic) bond motifs is 1. The molecule has 0 aliphatic rings. The molecule has 138 valence electrons. The lowest BCUT2D eigenvalue weighted by molar-refractivity contribution is -0.124. The summed E-state index contributed by atoms with van der Waals surface area (Å²) in [6.07, 6.45) is 3.59. The van der Waals surface area contributed by atoms with Crippen LogP contribution in [0.5, 0.6) is 0 Å². The van der Waals surface area contributed by atoms with Crippen LogP contribution in [0.15, 0.2) is 53.8 Å². The molecule has 0 saturated heterocycles. The lowest BCUT2D eigenvalue weighted by atomic mass is 10.1. The predicted molar refractivity (Wildman–Crippen MR) is 108 cm³/mol. The fourth-order valence-corrected chi connectivity index (χ4v) is 2.82. The number of carbonyl (C=O) groups excluding carboxylic acids is 2. The van der Waals surface area contributed by atoms with E-state index in [1.807, 2.05) is 62.5 Å². The predicted octanol–water partition coefficient (Wildman–Crippen LogP) is 3.65. The Morgan fingerprint density at radius 2 is 1.85 bits per heavy atom. The van der Waals surface area contributed by atoms with E-state index in [9.17, 15) is 9.59 Å². The van der Waals surface area contributed by atoms with Crippen molar-refractivity contribution in [3.05, 3.63) is 65.4 Å². The van der Waals surface area contributed by atoms with Crippen molar-refractivity contribution in [2.75, 3.05) is 5.32 Å². The largest absolute Gasteiger partial charge is 0.361 e. The van der Waals surface area contributed by atoms with Crippen LogP contribution in [0, 0.1) is 13.8 Å². The van der Waals surface area contributed by atoms with Crippen LogP contribution in [-0.4, -0.2) is 23.0 Å². The fraction of sp³-hybridized carbons (Fsp3) is 0.190. The zero-order valence-corrected chi connectivity index (χ0v) is 15.4. The Balaban J connectivity index is 1.47. The van der Waals surface area contributed by atoms with Gasteiger partial charge in [0.15, 0.2) is 0 Å². The average Bonchev–Trinajstić information content (AvgIpc) is 3.06. The van der Waals surface area contributed by atoms with E-state index in [1.54, 1.807) is 6.21 Å². The number of para-hydroxylation sites is 1. The molecule has 3 N–H and O–H groups in total. The molecule has 0 aliphatic heterocycles. The van der Waals surface area contributed by atoms with Crippen molar-refractivity contribution in [2.24, 2.45) is 5.10 Å². The number of amides is 2. The van der Waals surface area contributed by atoms with E-state index < -0.39 is 0 Å². The zero-order valence-electron chi connectivity index (χ0n) is 15.4. The summed E-state index contributed by atoms with van der Waals surface area (Å²) in [4.78, 5) is 27.1. The minimum Gasteiger partial charge on any atom is -0.361 e. The van der Waals surface area contributed by atoms with E-state index in [0.717, 1.165) is 33.3 Å². The Kier molecular flexibility index (Phi) is 5.66. The van der Waals surface area contributed by atoms with E-state index in [4.69, 9.17) is 0 Å². The van der Waals surface area contributed by atoms with E-state index in [2.05, 4.69) is 20.8 Å². The number of nitrogens with zero attached hydrogens (tertiary/aromatic N) is 1.